The van der Waals surface area contributed by atoms with Crippen LogP contribution < -0.4 is 0 Å². The first kappa shape index (κ1) is 9.08. The van der Waals surface area contributed by atoms with Gasteiger partial charge >= 0.3 is 0 Å². The molecule has 0 saturated carbocycles. The van der Waals surface area contributed by atoms with Crippen LogP contribution in [0.4, 0.5) is 9.05 Å². The van der Waals surface area contributed by atoms with Crippen LogP contribution in [0.15, 0.2) is 0 Å². The van der Waals surface area contributed by atoms with Crippen molar-refractivity contribution in [2.24, 2.45) is 0 Å². The molecule has 0 fully saturated rings. The molecule has 0 aliphatic heterocycles. The predicted molar refractivity (Wildman–Crippen MR) is 4.39 cm³/mol. The number of hydrogen-bond acceptors (Lipinski definition) is 2. The fourth-order valence-corrected chi connectivity index (χ4v) is 0. The molecule has 2 nitrogen and oxygen atoms in total. The van der Waals surface area contributed by atoms with E-state index < -0.39 is 0 Å². The van der Waals surface area contributed by atoms with Crippen LogP contribution in [0.2, 0.25) is 0 Å². The molecular weight excluding hydrogens is 166 g/mol. The summed E-state index contributed by atoms with van der Waals surface area (Å²) in [5, 5.41) is 3.75. The average Bonchev–Trinajstić information content (AvgIpc) is 1.37. The monoisotopic (exact) mass is 168 g/mol. The van der Waals surface area contributed by atoms with Crippen LogP contribution in [0.3, 0.4) is 0 Å². The van der Waals surface area contributed by atoms with Crippen LogP contribution >= 0.6 is 0 Å². The van der Waals surface area contributed by atoms with Crippen molar-refractivity contribution < 1.29 is 40.3 Å². The smallest absolute Gasteiger partial charge is 0.0122 e. The second-order valence-corrected chi connectivity index (χ2v) is 0.126. The van der Waals surface area contributed by atoms with Gasteiger partial charge < -0.3 is 0 Å². The van der Waals surface area contributed by atoms with E-state index in [9.17, 15) is 9.05 Å². The average molecular weight is 166 g/mol. The molecule has 0 aromatic carbocycles. The Kier molecular flexibility index (Phi) is 16.0. The van der Waals surface area contributed by atoms with Crippen LogP contribution in [-0.4, -0.2) is 0 Å². The quantitative estimate of drug-likeness (QED) is 0.324. The molecule has 0 rings (SSSR count). The van der Waals surface area contributed by atoms with E-state index in [2.05, 4.69) is 0 Å². The molecule has 0 radical (unpaired) electrons. The summed E-state index contributed by atoms with van der Waals surface area (Å²) in [5.41, 5.74) is 0. The normalized spacial score (nSPS) is 6.00. The van der Waals surface area contributed by atoms with Crippen LogP contribution in [0.5, 0.6) is 0 Å². The molecule has 0 saturated heterocycles. The second kappa shape index (κ2) is 8.82. The summed E-state index contributed by atoms with van der Waals surface area (Å²) in [6.07, 6.45) is 0. The zero-order valence-electron chi connectivity index (χ0n) is 1.98. The number of rotatable bonds is 1. The van der Waals surface area contributed by atoms with E-state index in [0.717, 1.165) is 0 Å². The zero-order valence-corrected chi connectivity index (χ0v) is 3.99. The third-order valence-electron chi connectivity index (χ3n) is 0.0238. The third-order valence-corrected chi connectivity index (χ3v) is 0.0238. The van der Waals surface area contributed by atoms with Gasteiger partial charge in [0.2, 0.25) is 0 Å². The molecule has 0 aromatic rings. The molecule has 0 spiro atoms. The standard InChI is InChI=1S/F2O2.Mo/c1-3-4-2;. The zero-order chi connectivity index (χ0) is 3.41. The van der Waals surface area contributed by atoms with E-state index in [1.165, 1.54) is 0 Å². The Morgan fingerprint density at radius 1 is 1.00 bits per heavy atom. The van der Waals surface area contributed by atoms with E-state index in [-0.39, 0.29) is 21.1 Å². The minimum atomic E-state index is 0. The summed E-state index contributed by atoms with van der Waals surface area (Å²) in [7, 11) is 0. The maximum Gasteiger partial charge on any atom is 0.0122 e. The number of hydrogen-bond donors (Lipinski definition) is 0. The van der Waals surface area contributed by atoms with Crippen molar-refractivity contribution >= 4 is 0 Å². The van der Waals surface area contributed by atoms with E-state index >= 15 is 0 Å². The first-order valence-corrected chi connectivity index (χ1v) is 0.475. The first-order chi connectivity index (χ1) is 1.91. The van der Waals surface area contributed by atoms with Crippen LogP contribution in [0.25, 0.3) is 0 Å². The summed E-state index contributed by atoms with van der Waals surface area (Å²) in [6, 6.07) is 0. The SMILES string of the molecule is FOOF.[Mo]. The molecule has 0 amide bonds. The summed E-state index contributed by atoms with van der Waals surface area (Å²) < 4.78 is 19.2. The molecule has 5 heteroatoms. The molecule has 0 aromatic heterocycles. The van der Waals surface area contributed by atoms with Crippen LogP contribution in [0.1, 0.15) is 0 Å². The summed E-state index contributed by atoms with van der Waals surface area (Å²) in [5.74, 6) is 0. The Labute approximate surface area is 41.1 Å². The molecule has 0 atom stereocenters. The maximum atomic E-state index is 9.62. The molecule has 0 aliphatic carbocycles. The van der Waals surface area contributed by atoms with Crippen molar-refractivity contribution in [2.45, 2.75) is 0 Å². The van der Waals surface area contributed by atoms with Crippen molar-refractivity contribution in [3.63, 3.8) is 0 Å². The van der Waals surface area contributed by atoms with E-state index in [0.29, 0.717) is 0 Å². The molecular formula is F2MoO2. The second-order valence-electron chi connectivity index (χ2n) is 0.126. The van der Waals surface area contributed by atoms with E-state index in [4.69, 9.17) is 0 Å². The van der Waals surface area contributed by atoms with Gasteiger partial charge in [0.1, 0.15) is 0 Å². The Morgan fingerprint density at radius 2 is 1.20 bits per heavy atom. The predicted octanol–water partition coefficient (Wildman–Crippen LogP) is 0.701. The summed E-state index contributed by atoms with van der Waals surface area (Å²) >= 11 is 0. The Bertz CT molecular complexity index is 9.61. The molecule has 0 unspecified atom stereocenters. The maximum absolute atomic E-state index is 9.62. The van der Waals surface area contributed by atoms with Crippen molar-refractivity contribution in [1.82, 2.24) is 0 Å². The van der Waals surface area contributed by atoms with Crippen molar-refractivity contribution in [3.05, 3.63) is 0 Å². The van der Waals surface area contributed by atoms with Gasteiger partial charge in [-0.15, -0.1) is 0 Å². The van der Waals surface area contributed by atoms with Gasteiger partial charge in [-0.1, -0.05) is 0 Å². The Hall–Kier alpha value is 0.468. The Morgan fingerprint density at radius 3 is 1.20 bits per heavy atom. The molecule has 0 bridgehead atoms. The van der Waals surface area contributed by atoms with E-state index in [1.54, 1.807) is 0 Å². The van der Waals surface area contributed by atoms with Gasteiger partial charge in [0.25, 0.3) is 0 Å². The summed E-state index contributed by atoms with van der Waals surface area (Å²) in [6.45, 7) is 0. The molecule has 0 aliphatic rings. The van der Waals surface area contributed by atoms with Crippen molar-refractivity contribution in [1.29, 1.82) is 0 Å². The van der Waals surface area contributed by atoms with Gasteiger partial charge in [-0.3, -0.25) is 0 Å². The van der Waals surface area contributed by atoms with E-state index in [1.807, 2.05) is 10.2 Å². The van der Waals surface area contributed by atoms with Crippen molar-refractivity contribution in [2.75, 3.05) is 0 Å². The fourth-order valence-electron chi connectivity index (χ4n) is 0. The van der Waals surface area contributed by atoms with Gasteiger partial charge in [-0.05, 0) is 9.05 Å². The Balaban J connectivity index is 0. The van der Waals surface area contributed by atoms with Gasteiger partial charge in [0.05, 0.1) is 0 Å². The molecule has 0 heterocycles. The molecule has 32 valence electrons. The van der Waals surface area contributed by atoms with Gasteiger partial charge in [-0.25, -0.2) is 0 Å². The summed E-state index contributed by atoms with van der Waals surface area (Å²) in [4.78, 5) is 0. The molecule has 0 N–H and O–H groups in total. The minimum Gasteiger partial charge on any atom is -0.0122 e. The minimum absolute atomic E-state index is 0. The van der Waals surface area contributed by atoms with Crippen LogP contribution in [-0.2, 0) is 31.2 Å². The first-order valence-electron chi connectivity index (χ1n) is 0.475. The van der Waals surface area contributed by atoms with Gasteiger partial charge in [-0.2, -0.15) is 0 Å². The largest absolute Gasteiger partial charge is 0.0122 e. The van der Waals surface area contributed by atoms with Crippen molar-refractivity contribution in [3.8, 4) is 0 Å². The fraction of sp³-hybridized carbons (Fsp3) is 0. The van der Waals surface area contributed by atoms with Gasteiger partial charge in [0, 0.05) is 31.2 Å². The topological polar surface area (TPSA) is 18.5 Å². The van der Waals surface area contributed by atoms with Gasteiger partial charge in [0.15, 0.2) is 0 Å². The van der Waals surface area contributed by atoms with Crippen LogP contribution in [0, 0.1) is 0 Å². The third kappa shape index (κ3) is 12.6. The number of halogens is 2. The molecule has 5 heavy (non-hydrogen) atoms.